The fraction of sp³-hybridized carbons (Fsp3) is 0.571. The summed E-state index contributed by atoms with van der Waals surface area (Å²) in [4.78, 5) is 3.88. The van der Waals surface area contributed by atoms with E-state index >= 15 is 0 Å². The number of hydrogen-bond acceptors (Lipinski definition) is 4. The molecular weight excluding hydrogens is 233 g/mol. The van der Waals surface area contributed by atoms with E-state index in [-0.39, 0.29) is 12.3 Å². The topological polar surface area (TPSA) is 38.9 Å². The Kier molecular flexibility index (Phi) is 4.21. The fourth-order valence-electron chi connectivity index (χ4n) is 0.750. The molecule has 1 rings (SSSR count). The van der Waals surface area contributed by atoms with Crippen LogP contribution in [0.1, 0.15) is 0 Å². The highest BCUT2D eigenvalue weighted by Crippen LogP contribution is 2.31. The summed E-state index contributed by atoms with van der Waals surface area (Å²) in [5.74, 6) is -1.51. The van der Waals surface area contributed by atoms with Crippen LogP contribution in [0.5, 0.6) is 0 Å². The Morgan fingerprint density at radius 3 is 2.71 bits per heavy atom. The van der Waals surface area contributed by atoms with Gasteiger partial charge in [0.2, 0.25) is 0 Å². The monoisotopic (exact) mass is 242 g/mol. The maximum atomic E-state index is 12.2. The molecule has 0 bridgehead atoms. The number of thiazole rings is 1. The Labute approximate surface area is 87.7 Å². The second-order valence-corrected chi connectivity index (χ2v) is 4.74. The van der Waals surface area contributed by atoms with E-state index in [0.717, 1.165) is 11.8 Å². The first-order chi connectivity index (χ1) is 6.54. The second kappa shape index (κ2) is 4.99. The summed E-state index contributed by atoms with van der Waals surface area (Å²) in [6.07, 6.45) is -2.64. The van der Waals surface area contributed by atoms with Crippen LogP contribution in [0.15, 0.2) is 15.9 Å². The number of alkyl halides is 3. The van der Waals surface area contributed by atoms with Crippen molar-refractivity contribution >= 4 is 23.1 Å². The molecule has 14 heavy (non-hydrogen) atoms. The van der Waals surface area contributed by atoms with Gasteiger partial charge in [0.15, 0.2) is 0 Å². The molecule has 0 spiro atoms. The van der Waals surface area contributed by atoms with Crippen LogP contribution in [0, 0.1) is 5.92 Å². The number of thioether (sulfide) groups is 1. The van der Waals surface area contributed by atoms with Gasteiger partial charge in [0.1, 0.15) is 4.34 Å². The minimum atomic E-state index is -4.21. The smallest absolute Gasteiger partial charge is 0.330 e. The van der Waals surface area contributed by atoms with Crippen molar-refractivity contribution < 1.29 is 13.2 Å². The van der Waals surface area contributed by atoms with Crippen molar-refractivity contribution in [1.29, 1.82) is 0 Å². The quantitative estimate of drug-likeness (QED) is 0.824. The van der Waals surface area contributed by atoms with E-state index in [4.69, 9.17) is 5.73 Å². The number of nitrogens with two attached hydrogens (primary N) is 1. The SMILES string of the molecule is NCC(CSc1nccs1)C(F)(F)F. The van der Waals surface area contributed by atoms with Gasteiger partial charge in [-0.15, -0.1) is 11.3 Å². The van der Waals surface area contributed by atoms with E-state index in [2.05, 4.69) is 4.98 Å². The average Bonchev–Trinajstić information content (AvgIpc) is 2.55. The molecule has 0 aliphatic heterocycles. The molecule has 7 heteroatoms. The molecule has 2 nitrogen and oxygen atoms in total. The van der Waals surface area contributed by atoms with Gasteiger partial charge in [-0.1, -0.05) is 11.8 Å². The number of nitrogens with zero attached hydrogens (tertiary/aromatic N) is 1. The molecular formula is C7H9F3N2S2. The van der Waals surface area contributed by atoms with E-state index in [1.807, 2.05) is 0 Å². The van der Waals surface area contributed by atoms with Crippen LogP contribution in [0.3, 0.4) is 0 Å². The molecule has 1 aromatic heterocycles. The highest BCUT2D eigenvalue weighted by molar-refractivity contribution is 8.01. The third kappa shape index (κ3) is 3.47. The van der Waals surface area contributed by atoms with E-state index in [1.54, 1.807) is 11.6 Å². The zero-order valence-electron chi connectivity index (χ0n) is 7.12. The van der Waals surface area contributed by atoms with Crippen LogP contribution >= 0.6 is 23.1 Å². The number of aromatic nitrogens is 1. The molecule has 1 aromatic rings. The van der Waals surface area contributed by atoms with E-state index in [9.17, 15) is 13.2 Å². The largest absolute Gasteiger partial charge is 0.393 e. The molecule has 0 aliphatic rings. The van der Waals surface area contributed by atoms with Gasteiger partial charge in [0, 0.05) is 23.9 Å². The van der Waals surface area contributed by atoms with Gasteiger partial charge in [-0.25, -0.2) is 4.98 Å². The lowest BCUT2D eigenvalue weighted by molar-refractivity contribution is -0.165. The molecule has 0 aliphatic carbocycles. The standard InChI is InChI=1S/C7H9F3N2S2/c8-7(9,10)5(3-11)4-14-6-12-1-2-13-6/h1-2,5H,3-4,11H2. The van der Waals surface area contributed by atoms with Crippen LogP contribution in [-0.4, -0.2) is 23.5 Å². The molecule has 0 aromatic carbocycles. The fourth-order valence-corrected chi connectivity index (χ4v) is 2.56. The molecule has 0 saturated heterocycles. The molecule has 1 atom stereocenters. The molecule has 80 valence electrons. The minimum absolute atomic E-state index is 0.0620. The van der Waals surface area contributed by atoms with Crippen LogP contribution in [0.2, 0.25) is 0 Å². The second-order valence-electron chi connectivity index (χ2n) is 2.58. The van der Waals surface area contributed by atoms with Gasteiger partial charge in [-0.05, 0) is 0 Å². The molecule has 1 unspecified atom stereocenters. The lowest BCUT2D eigenvalue weighted by atomic mass is 10.2. The summed E-state index contributed by atoms with van der Waals surface area (Å²) in [5, 5.41) is 1.73. The predicted molar refractivity (Wildman–Crippen MR) is 51.4 cm³/mol. The summed E-state index contributed by atoms with van der Waals surface area (Å²) in [7, 11) is 0. The lowest BCUT2D eigenvalue weighted by Crippen LogP contribution is -2.32. The molecule has 2 N–H and O–H groups in total. The Morgan fingerprint density at radius 2 is 2.29 bits per heavy atom. The summed E-state index contributed by atoms with van der Waals surface area (Å²) in [6.45, 7) is -0.373. The normalized spacial score (nSPS) is 14.3. The number of rotatable bonds is 4. The van der Waals surface area contributed by atoms with E-state index in [0.29, 0.717) is 4.34 Å². The van der Waals surface area contributed by atoms with Crippen LogP contribution in [-0.2, 0) is 0 Å². The Balaban J connectivity index is 2.43. The van der Waals surface area contributed by atoms with Gasteiger partial charge >= 0.3 is 6.18 Å². The number of halogens is 3. The first-order valence-electron chi connectivity index (χ1n) is 3.83. The molecule has 0 amide bonds. The van der Waals surface area contributed by atoms with Crippen LogP contribution < -0.4 is 5.73 Å². The van der Waals surface area contributed by atoms with Gasteiger partial charge in [-0.3, -0.25) is 0 Å². The zero-order valence-corrected chi connectivity index (χ0v) is 8.75. The van der Waals surface area contributed by atoms with Gasteiger partial charge in [0.05, 0.1) is 5.92 Å². The first kappa shape index (κ1) is 11.8. The van der Waals surface area contributed by atoms with Crippen molar-refractivity contribution in [2.24, 2.45) is 11.7 Å². The van der Waals surface area contributed by atoms with Crippen molar-refractivity contribution in [2.45, 2.75) is 10.5 Å². The third-order valence-corrected chi connectivity index (χ3v) is 3.69. The maximum Gasteiger partial charge on any atom is 0.393 e. The molecule has 0 fully saturated rings. The van der Waals surface area contributed by atoms with Crippen molar-refractivity contribution in [2.75, 3.05) is 12.3 Å². The van der Waals surface area contributed by atoms with Gasteiger partial charge < -0.3 is 5.73 Å². The van der Waals surface area contributed by atoms with Crippen molar-refractivity contribution in [3.05, 3.63) is 11.6 Å². The van der Waals surface area contributed by atoms with Crippen LogP contribution in [0.4, 0.5) is 13.2 Å². The van der Waals surface area contributed by atoms with Crippen molar-refractivity contribution in [1.82, 2.24) is 4.98 Å². The first-order valence-corrected chi connectivity index (χ1v) is 5.69. The minimum Gasteiger partial charge on any atom is -0.330 e. The third-order valence-electron chi connectivity index (χ3n) is 1.57. The van der Waals surface area contributed by atoms with Crippen molar-refractivity contribution in [3.8, 4) is 0 Å². The van der Waals surface area contributed by atoms with Crippen molar-refractivity contribution in [3.63, 3.8) is 0 Å². The number of hydrogen-bond donors (Lipinski definition) is 1. The highest BCUT2D eigenvalue weighted by Gasteiger charge is 2.38. The van der Waals surface area contributed by atoms with Gasteiger partial charge in [-0.2, -0.15) is 13.2 Å². The maximum absolute atomic E-state index is 12.2. The average molecular weight is 242 g/mol. The highest BCUT2D eigenvalue weighted by atomic mass is 32.2. The summed E-state index contributed by atoms with van der Waals surface area (Å²) in [5.41, 5.74) is 5.05. The van der Waals surface area contributed by atoms with Gasteiger partial charge in [0.25, 0.3) is 0 Å². The summed E-state index contributed by atoms with van der Waals surface area (Å²) >= 11 is 2.42. The van der Waals surface area contributed by atoms with E-state index < -0.39 is 12.1 Å². The zero-order chi connectivity index (χ0) is 10.6. The lowest BCUT2D eigenvalue weighted by Gasteiger charge is -2.16. The molecule has 1 heterocycles. The van der Waals surface area contributed by atoms with E-state index in [1.165, 1.54) is 11.3 Å². The summed E-state index contributed by atoms with van der Waals surface area (Å²) < 4.78 is 37.4. The predicted octanol–water partition coefficient (Wildman–Crippen LogP) is 2.37. The molecule has 0 saturated carbocycles. The Hall–Kier alpha value is -0.270. The Morgan fingerprint density at radius 1 is 1.57 bits per heavy atom. The molecule has 0 radical (unpaired) electrons. The summed E-state index contributed by atoms with van der Waals surface area (Å²) in [6, 6.07) is 0. The Bertz CT molecular complexity index is 260. The van der Waals surface area contributed by atoms with Crippen LogP contribution in [0.25, 0.3) is 0 Å².